The van der Waals surface area contributed by atoms with Crippen LogP contribution in [0.5, 0.6) is 0 Å². The van der Waals surface area contributed by atoms with Crippen LogP contribution in [0, 0.1) is 17.8 Å². The van der Waals surface area contributed by atoms with E-state index >= 15 is 0 Å². The molecular weight excluding hydrogens is 1000 g/mol. The summed E-state index contributed by atoms with van der Waals surface area (Å²) in [6.45, 7) is 20.2. The number of morpholine rings is 1. The van der Waals surface area contributed by atoms with Crippen molar-refractivity contribution in [2.24, 2.45) is 17.8 Å². The first kappa shape index (κ1) is 62.9. The second-order valence-electron chi connectivity index (χ2n) is 23.4. The Kier molecular flexibility index (Phi) is 22.0. The van der Waals surface area contributed by atoms with Crippen molar-refractivity contribution in [1.29, 1.82) is 0 Å². The van der Waals surface area contributed by atoms with Crippen molar-refractivity contribution in [3.05, 3.63) is 47.3 Å². The predicted octanol–water partition coefficient (Wildman–Crippen LogP) is 4.51. The zero-order valence-electron chi connectivity index (χ0n) is 48.2. The van der Waals surface area contributed by atoms with Gasteiger partial charge in [-0.15, -0.1) is 5.10 Å². The zero-order valence-corrected chi connectivity index (χ0v) is 48.2. The van der Waals surface area contributed by atoms with Gasteiger partial charge in [-0.05, 0) is 105 Å². The van der Waals surface area contributed by atoms with Crippen LogP contribution in [0.3, 0.4) is 0 Å². The van der Waals surface area contributed by atoms with Crippen LogP contribution < -0.4 is 0 Å². The first-order valence-electron chi connectivity index (χ1n) is 27.8. The summed E-state index contributed by atoms with van der Waals surface area (Å²) in [7, 11) is 6.91. The van der Waals surface area contributed by atoms with Crippen molar-refractivity contribution in [2.75, 3.05) is 74.4 Å². The van der Waals surface area contributed by atoms with E-state index in [0.29, 0.717) is 75.5 Å². The van der Waals surface area contributed by atoms with Crippen LogP contribution in [0.1, 0.15) is 135 Å². The maximum Gasteiger partial charge on any atom is 0.311 e. The smallest absolute Gasteiger partial charge is 0.311 e. The summed E-state index contributed by atoms with van der Waals surface area (Å²) < 4.78 is 66.4. The third-order valence-corrected chi connectivity index (χ3v) is 17.2. The van der Waals surface area contributed by atoms with E-state index in [1.165, 1.54) is 25.8 Å². The third-order valence-electron chi connectivity index (χ3n) is 17.2. The molecule has 0 unspecified atom stereocenters. The Morgan fingerprint density at radius 2 is 1.62 bits per heavy atom. The number of cyclic esters (lactones) is 1. The second-order valence-corrected chi connectivity index (χ2v) is 23.4. The van der Waals surface area contributed by atoms with Crippen molar-refractivity contribution in [1.82, 2.24) is 29.7 Å². The molecule has 0 aliphatic carbocycles. The lowest BCUT2D eigenvalue weighted by molar-refractivity contribution is -0.308. The van der Waals surface area contributed by atoms with Gasteiger partial charge in [-0.3, -0.25) is 9.59 Å². The van der Waals surface area contributed by atoms with Gasteiger partial charge >= 0.3 is 5.97 Å². The average molecular weight is 1090 g/mol. The number of halogens is 1. The summed E-state index contributed by atoms with van der Waals surface area (Å²) in [4.78, 5) is 33.5. The number of esters is 1. The number of nitrogens with zero attached hydrogens (tertiary/aromatic N) is 6. The number of aliphatic hydroxyl groups excluding tert-OH is 2. The van der Waals surface area contributed by atoms with Crippen LogP contribution in [-0.4, -0.2) is 221 Å². The first-order valence-corrected chi connectivity index (χ1v) is 27.8. The molecule has 2 aromatic rings. The molecule has 0 radical (unpaired) electrons. The van der Waals surface area contributed by atoms with E-state index in [0.717, 1.165) is 0 Å². The molecule has 4 aliphatic heterocycles. The molecule has 0 bridgehead atoms. The van der Waals surface area contributed by atoms with Gasteiger partial charge in [0, 0.05) is 89.4 Å². The van der Waals surface area contributed by atoms with Crippen molar-refractivity contribution in [3.8, 4) is 0 Å². The topological polar surface area (TPSA) is 229 Å². The summed E-state index contributed by atoms with van der Waals surface area (Å²) in [5.41, 5.74) is -2.53. The van der Waals surface area contributed by atoms with Crippen molar-refractivity contribution in [2.45, 2.75) is 204 Å². The van der Waals surface area contributed by atoms with E-state index in [4.69, 9.17) is 37.9 Å². The van der Waals surface area contributed by atoms with Crippen molar-refractivity contribution >= 4 is 11.9 Å². The molecule has 19 atom stereocenters. The molecule has 438 valence electrons. The van der Waals surface area contributed by atoms with E-state index in [-0.39, 0.29) is 43.2 Å². The lowest BCUT2D eigenvalue weighted by atomic mass is 9.77. The minimum absolute atomic E-state index is 0.0358. The minimum atomic E-state index is -1.83. The van der Waals surface area contributed by atoms with Gasteiger partial charge in [-0.25, -0.2) is 9.07 Å². The minimum Gasteiger partial charge on any atom is -0.459 e. The molecule has 6 rings (SSSR count). The van der Waals surface area contributed by atoms with Crippen LogP contribution in [0.25, 0.3) is 0 Å². The molecular formula is C56H93FN6O14. The van der Waals surface area contributed by atoms with E-state index in [1.807, 2.05) is 46.7 Å². The number of carbonyl (C=O) groups is 2. The predicted molar refractivity (Wildman–Crippen MR) is 283 cm³/mol. The molecule has 1 aromatic heterocycles. The molecule has 20 nitrogen and oxygen atoms in total. The van der Waals surface area contributed by atoms with Crippen LogP contribution in [0.15, 0.2) is 30.5 Å². The molecule has 1 amide bonds. The van der Waals surface area contributed by atoms with Gasteiger partial charge in [-0.2, -0.15) is 0 Å². The number of ether oxygens (including phenoxy) is 8. The van der Waals surface area contributed by atoms with Gasteiger partial charge in [-0.1, -0.05) is 38.1 Å². The maximum atomic E-state index is 14.9. The lowest BCUT2D eigenvalue weighted by Gasteiger charge is -2.48. The highest BCUT2D eigenvalue weighted by Crippen LogP contribution is 2.41. The third kappa shape index (κ3) is 15.0. The lowest BCUT2D eigenvalue weighted by Crippen LogP contribution is -2.59. The zero-order chi connectivity index (χ0) is 56.7. The summed E-state index contributed by atoms with van der Waals surface area (Å²) in [5.74, 6) is -2.68. The summed E-state index contributed by atoms with van der Waals surface area (Å²) in [5, 5.41) is 56.4. The van der Waals surface area contributed by atoms with Crippen LogP contribution in [-0.2, 0) is 49.1 Å². The molecule has 4 N–H and O–H groups in total. The van der Waals surface area contributed by atoms with Gasteiger partial charge in [0.25, 0.3) is 5.91 Å². The van der Waals surface area contributed by atoms with E-state index in [2.05, 4.69) is 15.2 Å². The summed E-state index contributed by atoms with van der Waals surface area (Å²) >= 11 is 0. The van der Waals surface area contributed by atoms with E-state index in [9.17, 15) is 34.4 Å². The van der Waals surface area contributed by atoms with Crippen molar-refractivity contribution < 1.29 is 72.3 Å². The monoisotopic (exact) mass is 1090 g/mol. The molecule has 0 saturated carbocycles. The highest BCUT2D eigenvalue weighted by Gasteiger charge is 2.52. The number of aliphatic hydroxyl groups is 4. The normalized spacial score (nSPS) is 38.4. The molecule has 1 aromatic carbocycles. The first-order chi connectivity index (χ1) is 36.3. The molecule has 4 fully saturated rings. The fourth-order valence-corrected chi connectivity index (χ4v) is 12.3. The Balaban J connectivity index is 1.22. The fraction of sp³-hybridized carbons (Fsp3) is 0.821. The molecule has 0 spiro atoms. The fourth-order valence-electron chi connectivity index (χ4n) is 12.3. The Morgan fingerprint density at radius 3 is 2.25 bits per heavy atom. The number of carbonyl (C=O) groups excluding carboxylic acids is 2. The van der Waals surface area contributed by atoms with Gasteiger partial charge in [0.1, 0.15) is 42.7 Å². The number of amides is 1. The average Bonchev–Trinajstić information content (AvgIpc) is 3.88. The number of rotatable bonds is 16. The molecule has 4 aliphatic rings. The van der Waals surface area contributed by atoms with E-state index in [1.54, 1.807) is 70.0 Å². The number of alkyl halides is 1. The Hall–Kier alpha value is -3.29. The number of likely N-dealkylation sites (N-methyl/N-ethyl adjacent to an activating group) is 2. The maximum absolute atomic E-state index is 14.9. The molecule has 5 heterocycles. The van der Waals surface area contributed by atoms with Crippen molar-refractivity contribution in [3.63, 3.8) is 0 Å². The van der Waals surface area contributed by atoms with Crippen LogP contribution >= 0.6 is 0 Å². The molecule has 77 heavy (non-hydrogen) atoms. The second kappa shape index (κ2) is 27.0. The highest BCUT2D eigenvalue weighted by atomic mass is 19.1. The van der Waals surface area contributed by atoms with Gasteiger partial charge in [0.05, 0.1) is 60.4 Å². The standard InChI is InChI=1S/C56H93FN6O14/c1-15-44-56(10,69)49(64)37(6)61(12)31-33(2)28-54(8,68)51(35(4)47(36(5)53(67)75-44)76-46-29-55(9,71-14)50(65)38(7)74-46)77-45-27-42(26-34(3)73-45)60(11)21-20-41-32-63(59-58-41)43(30-57)48(70-13)39-16-18-40(19-17-39)52(66)62-22-24-72-25-23-62/h16-19,32-38,42-51,64-65,68-69H,15,20-31H2,1-14H3/t33-,34-,35+,36-,37-,38+,42+,43-,44-,45+,46+,47+,48-,49-,50+,51-,54-,55-,56-/m1/s1. The number of hydrogen-bond acceptors (Lipinski definition) is 18. The largest absolute Gasteiger partial charge is 0.459 e. The number of aromatic nitrogens is 3. The SMILES string of the molecule is CC[C@H]1OC(=O)[C@H](C)[C@@H](O[C@H]2C[C@@](C)(OC)[C@@H](O)[C@H](C)O2)[C@H](C)[C@@H](O[C@H]2C[C@@H](N(C)CCc3cn([C@H](CF)[C@H](OC)c4ccc(C(=O)N5CCOCC5)cc4)nn3)C[C@@H](C)O2)[C@](C)(O)C[C@@H](C)CN(C)[C@H](C)[C@@H](O)[C@]1(C)O. The highest BCUT2D eigenvalue weighted by molar-refractivity contribution is 5.94. The number of benzene rings is 1. The summed E-state index contributed by atoms with van der Waals surface area (Å²) in [6.07, 6.45) is -4.86. The molecule has 4 saturated heterocycles. The van der Waals surface area contributed by atoms with Crippen LogP contribution in [0.4, 0.5) is 4.39 Å². The Bertz CT molecular complexity index is 2170. The number of hydrogen-bond donors (Lipinski definition) is 4. The van der Waals surface area contributed by atoms with Crippen LogP contribution in [0.2, 0.25) is 0 Å². The summed E-state index contributed by atoms with van der Waals surface area (Å²) in [6, 6.07) is 5.64. The van der Waals surface area contributed by atoms with E-state index < -0.39 is 109 Å². The van der Waals surface area contributed by atoms with Gasteiger partial charge in [0.15, 0.2) is 12.6 Å². The van der Waals surface area contributed by atoms with Gasteiger partial charge < -0.3 is 73.0 Å². The molecule has 21 heteroatoms. The Morgan fingerprint density at radius 1 is 0.948 bits per heavy atom. The Labute approximate surface area is 456 Å². The van der Waals surface area contributed by atoms with Gasteiger partial charge in [0.2, 0.25) is 0 Å². The quantitative estimate of drug-likeness (QED) is 0.170. The number of methoxy groups -OCH3 is 2.